The van der Waals surface area contributed by atoms with Gasteiger partial charge >= 0.3 is 24.0 Å². The summed E-state index contributed by atoms with van der Waals surface area (Å²) in [6, 6.07) is 32.4. The Hall–Kier alpha value is -8.75. The summed E-state index contributed by atoms with van der Waals surface area (Å²) in [5, 5.41) is 11.2. The standard InChI is InChI=1S/C62H68N10O12S3/c1-38-14-9-11-18-47(38)66-61(77)65-44-23-22-42(63-37-44)35-57(74)72-31-29-40(3)58(72)50-27-24-43(64-50)34-51(69-86(5,79)80)59(75)84-60(76)52(70-87(81,82)46-16-7-6-8-17-46)36-45-25-28-55(85-45)53-20-13-30-71(53)56(73)33-41-21-26-49(54(32-41)83-4)68-62(78)67-48-19-12-10-15-39(48)2/h6-12,14-19,21-28,32,37,40,51-53,58,64,69-70H,13,20,29-31,33-36H2,1-5H3,(H2,65,66,77)(H2,67,68,78). The number of aryl methyl sites for hydroxylation is 2. The van der Waals surface area contributed by atoms with Gasteiger partial charge < -0.3 is 45.5 Å². The predicted molar refractivity (Wildman–Crippen MR) is 330 cm³/mol. The van der Waals surface area contributed by atoms with Crippen LogP contribution in [0.1, 0.15) is 81.8 Å². The summed E-state index contributed by atoms with van der Waals surface area (Å²) in [6.07, 6.45) is 3.72. The number of para-hydroxylation sites is 2. The highest BCUT2D eigenvalue weighted by Crippen LogP contribution is 2.39. The molecule has 5 heterocycles. The van der Waals surface area contributed by atoms with E-state index in [1.165, 1.54) is 48.9 Å². The molecule has 5 unspecified atom stereocenters. The Morgan fingerprint density at radius 2 is 1.32 bits per heavy atom. The Kier molecular flexibility index (Phi) is 20.0. The number of H-pyrrole nitrogens is 1. The number of carbonyl (C=O) groups is 6. The molecular formula is C62H68N10O12S3. The Morgan fingerprint density at radius 3 is 1.98 bits per heavy atom. The van der Waals surface area contributed by atoms with E-state index in [0.717, 1.165) is 22.3 Å². The molecule has 2 fully saturated rings. The monoisotopic (exact) mass is 1240 g/mol. The molecule has 0 radical (unpaired) electrons. The number of benzene rings is 4. The minimum Gasteiger partial charge on any atom is -0.495 e. The molecule has 9 rings (SSSR count). The van der Waals surface area contributed by atoms with Gasteiger partial charge in [-0.15, -0.1) is 11.3 Å². The van der Waals surface area contributed by atoms with Gasteiger partial charge in [0.2, 0.25) is 31.9 Å². The molecule has 7 N–H and O–H groups in total. The van der Waals surface area contributed by atoms with Crippen LogP contribution in [0, 0.1) is 19.8 Å². The number of anilines is 4. The maximum Gasteiger partial charge on any atom is 0.332 e. The van der Waals surface area contributed by atoms with Crippen molar-refractivity contribution in [1.82, 2.24) is 29.2 Å². The minimum absolute atomic E-state index is 0.00800. The Labute approximate surface area is 508 Å². The summed E-state index contributed by atoms with van der Waals surface area (Å²) in [5.74, 6) is -2.60. The fourth-order valence-electron chi connectivity index (χ4n) is 10.7. The molecule has 5 atom stereocenters. The summed E-state index contributed by atoms with van der Waals surface area (Å²) >= 11 is 1.27. The average Bonchev–Trinajstić information content (AvgIpc) is 2.22. The first-order valence-corrected chi connectivity index (χ1v) is 32.3. The molecule has 3 aromatic heterocycles. The van der Waals surface area contributed by atoms with Gasteiger partial charge in [-0.25, -0.2) is 40.7 Å². The third kappa shape index (κ3) is 16.4. The van der Waals surface area contributed by atoms with Crippen LogP contribution in [0.15, 0.2) is 145 Å². The van der Waals surface area contributed by atoms with Crippen LogP contribution in [0.4, 0.5) is 32.3 Å². The molecule has 7 aromatic rings. The number of nitrogens with zero attached hydrogens (tertiary/aromatic N) is 3. The van der Waals surface area contributed by atoms with Crippen molar-refractivity contribution in [2.45, 2.75) is 94.8 Å². The number of aromatic nitrogens is 2. The van der Waals surface area contributed by atoms with Gasteiger partial charge in [0, 0.05) is 64.1 Å². The SMILES string of the molecule is COc1cc(CC(=O)N2CCCC2c2ccc(CC(NS(=O)(=O)c3ccccc3)C(=O)OC(=O)C(Cc3ccc(C4C(C)CCN4C(=O)Cc4ccc(NC(=O)Nc5ccccc5C)cn4)[nH]3)NS(C)(=O)=O)s2)ccc1NC(=O)Nc1ccccc1C. The van der Waals surface area contributed by atoms with Crippen molar-refractivity contribution in [2.24, 2.45) is 5.92 Å². The number of sulfonamides is 2. The number of rotatable bonds is 22. The van der Waals surface area contributed by atoms with Crippen molar-refractivity contribution < 1.29 is 55.1 Å². The van der Waals surface area contributed by atoms with Crippen LogP contribution in [0.5, 0.6) is 5.75 Å². The van der Waals surface area contributed by atoms with E-state index in [1.807, 2.05) is 63.2 Å². The third-order valence-electron chi connectivity index (χ3n) is 15.1. The largest absolute Gasteiger partial charge is 0.495 e. The minimum atomic E-state index is -4.41. The van der Waals surface area contributed by atoms with E-state index >= 15 is 0 Å². The van der Waals surface area contributed by atoms with Crippen LogP contribution >= 0.6 is 11.3 Å². The molecule has 6 amide bonds. The number of amides is 6. The normalized spacial score (nSPS) is 16.6. The van der Waals surface area contributed by atoms with Crippen LogP contribution in [0.2, 0.25) is 0 Å². The third-order valence-corrected chi connectivity index (χ3v) is 18.5. The van der Waals surface area contributed by atoms with Crippen molar-refractivity contribution in [3.63, 3.8) is 0 Å². The lowest BCUT2D eigenvalue weighted by molar-refractivity contribution is -0.162. The van der Waals surface area contributed by atoms with Gasteiger partial charge in [-0.3, -0.25) is 14.6 Å². The van der Waals surface area contributed by atoms with Crippen LogP contribution in [-0.4, -0.2) is 111 Å². The molecule has 0 bridgehead atoms. The molecule has 22 nitrogen and oxygen atoms in total. The maximum absolute atomic E-state index is 14.3. The van der Waals surface area contributed by atoms with Crippen LogP contribution in [-0.2, 0) is 69.6 Å². The van der Waals surface area contributed by atoms with Crippen molar-refractivity contribution >= 4 is 89.9 Å². The van der Waals surface area contributed by atoms with Gasteiger partial charge in [0.1, 0.15) is 17.8 Å². The highest BCUT2D eigenvalue weighted by molar-refractivity contribution is 7.89. The summed E-state index contributed by atoms with van der Waals surface area (Å²) in [4.78, 5) is 94.1. The number of esters is 2. The first-order chi connectivity index (χ1) is 41.6. The molecule has 0 saturated carbocycles. The van der Waals surface area contributed by atoms with Crippen molar-refractivity contribution in [3.8, 4) is 5.75 Å². The topological polar surface area (TPSA) is 296 Å². The number of hydrogen-bond acceptors (Lipinski definition) is 14. The van der Waals surface area contributed by atoms with Gasteiger partial charge in [0.25, 0.3) is 0 Å². The van der Waals surface area contributed by atoms with E-state index in [9.17, 15) is 45.6 Å². The van der Waals surface area contributed by atoms with Crippen molar-refractivity contribution in [2.75, 3.05) is 47.7 Å². The van der Waals surface area contributed by atoms with Crippen LogP contribution < -0.4 is 35.4 Å². The molecule has 4 aromatic carbocycles. The summed E-state index contributed by atoms with van der Waals surface area (Å²) in [6.45, 7) is 6.67. The number of methoxy groups -OCH3 is 1. The highest BCUT2D eigenvalue weighted by atomic mass is 32.2. The second kappa shape index (κ2) is 27.7. The van der Waals surface area contributed by atoms with Crippen molar-refractivity contribution in [3.05, 3.63) is 183 Å². The van der Waals surface area contributed by atoms with Gasteiger partial charge in [0.05, 0.1) is 60.8 Å². The van der Waals surface area contributed by atoms with Crippen LogP contribution in [0.25, 0.3) is 0 Å². The molecular weight excluding hydrogens is 1170 g/mol. The van der Waals surface area contributed by atoms with E-state index in [-0.39, 0.29) is 54.4 Å². The quantitative estimate of drug-likeness (QED) is 0.0247. The fourth-order valence-corrected chi connectivity index (χ4v) is 13.8. The van der Waals surface area contributed by atoms with E-state index < -0.39 is 62.2 Å². The number of ether oxygens (including phenoxy) is 2. The van der Waals surface area contributed by atoms with E-state index in [4.69, 9.17) is 9.47 Å². The molecule has 25 heteroatoms. The lowest BCUT2D eigenvalue weighted by atomic mass is 10.00. The first kappa shape index (κ1) is 62.8. The lowest BCUT2D eigenvalue weighted by Crippen LogP contribution is -2.48. The fraction of sp³-hybridized carbons (Fsp3) is 0.306. The van der Waals surface area contributed by atoms with Gasteiger partial charge in [-0.2, -0.15) is 4.72 Å². The number of aromatic amines is 1. The highest BCUT2D eigenvalue weighted by Gasteiger charge is 2.38. The molecule has 2 aliphatic rings. The number of urea groups is 2. The zero-order chi connectivity index (χ0) is 62.0. The molecule has 0 aliphatic carbocycles. The Balaban J connectivity index is 0.848. The molecule has 456 valence electrons. The Morgan fingerprint density at radius 1 is 0.678 bits per heavy atom. The van der Waals surface area contributed by atoms with E-state index in [2.05, 4.69) is 40.7 Å². The number of pyridine rings is 1. The molecule has 2 saturated heterocycles. The average molecular weight is 1240 g/mol. The van der Waals surface area contributed by atoms with E-state index in [1.54, 1.807) is 76.5 Å². The summed E-state index contributed by atoms with van der Waals surface area (Å²) < 4.78 is 68.9. The Bertz CT molecular complexity index is 3900. The van der Waals surface area contributed by atoms with Gasteiger partial charge in [-0.05, 0) is 129 Å². The zero-order valence-electron chi connectivity index (χ0n) is 48.5. The van der Waals surface area contributed by atoms with Crippen molar-refractivity contribution in [1.29, 1.82) is 0 Å². The predicted octanol–water partition coefficient (Wildman–Crippen LogP) is 8.56. The second-order valence-electron chi connectivity index (χ2n) is 21.6. The summed E-state index contributed by atoms with van der Waals surface area (Å²) in [7, 11) is -7.06. The number of hydrogen-bond donors (Lipinski definition) is 7. The van der Waals surface area contributed by atoms with E-state index in [0.29, 0.717) is 88.4 Å². The van der Waals surface area contributed by atoms with Crippen LogP contribution in [0.3, 0.4) is 0 Å². The molecule has 2 aliphatic heterocycles. The smallest absolute Gasteiger partial charge is 0.332 e. The first-order valence-electron chi connectivity index (χ1n) is 28.1. The van der Waals surface area contributed by atoms with Gasteiger partial charge in [0.15, 0.2) is 0 Å². The van der Waals surface area contributed by atoms with Gasteiger partial charge in [-0.1, -0.05) is 67.6 Å². The summed E-state index contributed by atoms with van der Waals surface area (Å²) in [5.41, 5.74) is 6.07. The number of thiophene rings is 1. The number of carbonyl (C=O) groups excluding carboxylic acids is 6. The lowest BCUT2D eigenvalue weighted by Gasteiger charge is -2.26. The molecule has 0 spiro atoms. The molecule has 87 heavy (non-hydrogen) atoms. The number of nitrogens with one attached hydrogen (secondary N) is 7. The zero-order valence-corrected chi connectivity index (χ0v) is 50.9. The maximum atomic E-state index is 14.3. The number of likely N-dealkylation sites (tertiary alicyclic amines) is 2. The second-order valence-corrected chi connectivity index (χ2v) is 26.3.